The van der Waals surface area contributed by atoms with Gasteiger partial charge in [0.05, 0.1) is 0 Å². The van der Waals surface area contributed by atoms with Crippen LogP contribution in [0.4, 0.5) is 0 Å². The molecule has 1 aromatic rings. The van der Waals surface area contributed by atoms with Crippen molar-refractivity contribution in [2.75, 3.05) is 26.7 Å². The molecule has 0 aromatic heterocycles. The van der Waals surface area contributed by atoms with Gasteiger partial charge in [-0.2, -0.15) is 0 Å². The van der Waals surface area contributed by atoms with Crippen molar-refractivity contribution in [3.63, 3.8) is 0 Å². The average Bonchev–Trinajstić information content (AvgIpc) is 2.47. The van der Waals surface area contributed by atoms with Crippen molar-refractivity contribution >= 4 is 11.6 Å². The third-order valence-electron chi connectivity index (χ3n) is 4.48. The largest absolute Gasteiger partial charge is 0.316 e. The molecule has 1 rings (SSSR count). The van der Waals surface area contributed by atoms with Gasteiger partial charge in [0.1, 0.15) is 0 Å². The van der Waals surface area contributed by atoms with Crippen LogP contribution in [0.1, 0.15) is 52.1 Å². The second-order valence-corrected chi connectivity index (χ2v) is 6.86. The zero-order chi connectivity index (χ0) is 15.9. The Balaban J connectivity index is 2.69. The summed E-state index contributed by atoms with van der Waals surface area (Å²) in [5.41, 5.74) is 1.50. The summed E-state index contributed by atoms with van der Waals surface area (Å²) < 4.78 is 0. The predicted molar refractivity (Wildman–Crippen MR) is 94.1 cm³/mol. The van der Waals surface area contributed by atoms with E-state index in [0.29, 0.717) is 11.5 Å². The number of nitrogens with one attached hydrogen (secondary N) is 1. The van der Waals surface area contributed by atoms with E-state index in [-0.39, 0.29) is 0 Å². The summed E-state index contributed by atoms with van der Waals surface area (Å²) in [5, 5.41) is 4.43. The molecule has 0 bridgehead atoms. The summed E-state index contributed by atoms with van der Waals surface area (Å²) in [6.07, 6.45) is 2.36. The van der Waals surface area contributed by atoms with Crippen LogP contribution in [0.25, 0.3) is 0 Å². The first kappa shape index (κ1) is 18.5. The minimum Gasteiger partial charge on any atom is -0.316 e. The van der Waals surface area contributed by atoms with Gasteiger partial charge in [-0.25, -0.2) is 0 Å². The summed E-state index contributed by atoms with van der Waals surface area (Å²) in [6, 6.07) is 8.48. The first-order valence-electron chi connectivity index (χ1n) is 8.09. The molecule has 0 spiro atoms. The molecule has 0 aliphatic rings. The molecule has 0 saturated carbocycles. The van der Waals surface area contributed by atoms with Crippen LogP contribution < -0.4 is 5.32 Å². The van der Waals surface area contributed by atoms with Crippen LogP contribution in [0, 0.1) is 5.41 Å². The molecule has 1 N–H and O–H groups in total. The van der Waals surface area contributed by atoms with Crippen LogP contribution >= 0.6 is 11.6 Å². The van der Waals surface area contributed by atoms with Crippen molar-refractivity contribution in [2.24, 2.45) is 5.41 Å². The molecular formula is C18H31ClN2. The normalized spacial score (nSPS) is 16.0. The second kappa shape index (κ2) is 8.77. The lowest BCUT2D eigenvalue weighted by Gasteiger charge is -2.36. The van der Waals surface area contributed by atoms with Gasteiger partial charge in [-0.1, -0.05) is 50.6 Å². The highest BCUT2D eigenvalue weighted by Gasteiger charge is 2.26. The van der Waals surface area contributed by atoms with Gasteiger partial charge in [0.15, 0.2) is 0 Å². The Kier molecular flexibility index (Phi) is 7.72. The zero-order valence-electron chi connectivity index (χ0n) is 14.2. The fourth-order valence-electron chi connectivity index (χ4n) is 2.65. The Morgan fingerprint density at radius 2 is 1.95 bits per heavy atom. The summed E-state index contributed by atoms with van der Waals surface area (Å²) in [6.45, 7) is 12.3. The van der Waals surface area contributed by atoms with E-state index in [1.807, 2.05) is 12.1 Å². The Morgan fingerprint density at radius 1 is 1.29 bits per heavy atom. The van der Waals surface area contributed by atoms with Gasteiger partial charge in [-0.05, 0) is 50.4 Å². The van der Waals surface area contributed by atoms with E-state index in [0.717, 1.165) is 24.7 Å². The van der Waals surface area contributed by atoms with Crippen molar-refractivity contribution in [1.29, 1.82) is 0 Å². The van der Waals surface area contributed by atoms with Crippen LogP contribution in [0.5, 0.6) is 0 Å². The predicted octanol–water partition coefficient (Wildman–Crippen LogP) is 4.75. The fourth-order valence-corrected chi connectivity index (χ4v) is 2.94. The molecule has 0 aliphatic heterocycles. The van der Waals surface area contributed by atoms with E-state index < -0.39 is 0 Å². The van der Waals surface area contributed by atoms with Crippen molar-refractivity contribution in [2.45, 2.75) is 46.6 Å². The molecule has 3 heteroatoms. The molecular weight excluding hydrogens is 280 g/mol. The average molecular weight is 311 g/mol. The molecule has 2 atom stereocenters. The van der Waals surface area contributed by atoms with Gasteiger partial charge in [0.2, 0.25) is 0 Å². The lowest BCUT2D eigenvalue weighted by atomic mass is 9.86. The number of halogens is 1. The monoisotopic (exact) mass is 310 g/mol. The fraction of sp³-hybridized carbons (Fsp3) is 0.667. The van der Waals surface area contributed by atoms with Gasteiger partial charge in [-0.3, -0.25) is 4.90 Å². The number of rotatable bonds is 9. The highest BCUT2D eigenvalue weighted by molar-refractivity contribution is 6.31. The third-order valence-corrected chi connectivity index (χ3v) is 4.82. The number of benzene rings is 1. The van der Waals surface area contributed by atoms with Crippen LogP contribution in [0.2, 0.25) is 5.02 Å². The SMILES string of the molecule is CCCNCC(C)(CC)CN(C)C(C)c1ccccc1Cl. The molecule has 0 amide bonds. The maximum Gasteiger partial charge on any atom is 0.0453 e. The van der Waals surface area contributed by atoms with Gasteiger partial charge in [0.25, 0.3) is 0 Å². The van der Waals surface area contributed by atoms with Crippen LogP contribution in [0.3, 0.4) is 0 Å². The Labute approximate surface area is 135 Å². The van der Waals surface area contributed by atoms with E-state index in [2.05, 4.69) is 57.1 Å². The van der Waals surface area contributed by atoms with Crippen molar-refractivity contribution in [3.05, 3.63) is 34.9 Å². The summed E-state index contributed by atoms with van der Waals surface area (Å²) in [4.78, 5) is 2.42. The minimum atomic E-state index is 0.291. The van der Waals surface area contributed by atoms with Crippen LogP contribution in [-0.4, -0.2) is 31.6 Å². The van der Waals surface area contributed by atoms with E-state index >= 15 is 0 Å². The Bertz CT molecular complexity index is 421. The number of hydrogen-bond acceptors (Lipinski definition) is 2. The van der Waals surface area contributed by atoms with Gasteiger partial charge < -0.3 is 5.32 Å². The quantitative estimate of drug-likeness (QED) is 0.662. The lowest BCUT2D eigenvalue weighted by molar-refractivity contribution is 0.148. The van der Waals surface area contributed by atoms with E-state index in [1.54, 1.807) is 0 Å². The summed E-state index contributed by atoms with van der Waals surface area (Å²) in [7, 11) is 2.20. The zero-order valence-corrected chi connectivity index (χ0v) is 15.0. The molecule has 0 aliphatic carbocycles. The highest BCUT2D eigenvalue weighted by atomic mass is 35.5. The van der Waals surface area contributed by atoms with Gasteiger partial charge in [-0.15, -0.1) is 0 Å². The third kappa shape index (κ3) is 5.61. The van der Waals surface area contributed by atoms with E-state index in [4.69, 9.17) is 11.6 Å². The summed E-state index contributed by atoms with van der Waals surface area (Å²) >= 11 is 6.33. The minimum absolute atomic E-state index is 0.291. The number of nitrogens with zero attached hydrogens (tertiary/aromatic N) is 1. The molecule has 0 heterocycles. The molecule has 0 radical (unpaired) electrons. The molecule has 120 valence electrons. The standard InChI is InChI=1S/C18H31ClN2/c1-6-12-20-13-18(4,7-2)14-21(5)15(3)16-10-8-9-11-17(16)19/h8-11,15,20H,6-7,12-14H2,1-5H3. The molecule has 0 saturated heterocycles. The maximum absolute atomic E-state index is 6.33. The van der Waals surface area contributed by atoms with Crippen molar-refractivity contribution < 1.29 is 0 Å². The topological polar surface area (TPSA) is 15.3 Å². The summed E-state index contributed by atoms with van der Waals surface area (Å²) in [5.74, 6) is 0. The Morgan fingerprint density at radius 3 is 2.52 bits per heavy atom. The highest BCUT2D eigenvalue weighted by Crippen LogP contribution is 2.30. The molecule has 0 fully saturated rings. The maximum atomic E-state index is 6.33. The van der Waals surface area contributed by atoms with E-state index in [1.165, 1.54) is 18.4 Å². The van der Waals surface area contributed by atoms with Crippen molar-refractivity contribution in [1.82, 2.24) is 10.2 Å². The molecule has 2 unspecified atom stereocenters. The van der Waals surface area contributed by atoms with Gasteiger partial charge in [0, 0.05) is 24.2 Å². The van der Waals surface area contributed by atoms with Gasteiger partial charge >= 0.3 is 0 Å². The Hall–Kier alpha value is -0.570. The van der Waals surface area contributed by atoms with E-state index in [9.17, 15) is 0 Å². The molecule has 1 aromatic carbocycles. The second-order valence-electron chi connectivity index (χ2n) is 6.45. The molecule has 21 heavy (non-hydrogen) atoms. The number of hydrogen-bond donors (Lipinski definition) is 1. The van der Waals surface area contributed by atoms with Crippen LogP contribution in [-0.2, 0) is 0 Å². The smallest absolute Gasteiger partial charge is 0.0453 e. The molecule has 2 nitrogen and oxygen atoms in total. The first-order valence-corrected chi connectivity index (χ1v) is 8.46. The first-order chi connectivity index (χ1) is 9.93. The lowest BCUT2D eigenvalue weighted by Crippen LogP contribution is -2.41. The van der Waals surface area contributed by atoms with Crippen LogP contribution in [0.15, 0.2) is 24.3 Å². The van der Waals surface area contributed by atoms with Crippen molar-refractivity contribution in [3.8, 4) is 0 Å².